The molecule has 0 atom stereocenters. The molecule has 4 rings (SSSR count). The van der Waals surface area contributed by atoms with Gasteiger partial charge in [-0.2, -0.15) is 0 Å². The van der Waals surface area contributed by atoms with Crippen molar-refractivity contribution in [3.05, 3.63) is 90.5 Å². The summed E-state index contributed by atoms with van der Waals surface area (Å²) in [5.41, 5.74) is 4.17. The lowest BCUT2D eigenvalue weighted by Crippen LogP contribution is -1.98. The summed E-state index contributed by atoms with van der Waals surface area (Å²) in [7, 11) is 1.63. The maximum atomic E-state index is 6.13. The Morgan fingerprint density at radius 2 is 1.66 bits per heavy atom. The molecule has 0 amide bonds. The van der Waals surface area contributed by atoms with Gasteiger partial charge in [-0.1, -0.05) is 60.2 Å². The highest BCUT2D eigenvalue weighted by molar-refractivity contribution is 5.97. The molecule has 0 aliphatic rings. The minimum atomic E-state index is 0.450. The number of benzene rings is 3. The first-order valence-corrected chi connectivity index (χ1v) is 9.47. The SMILES string of the molecule is C=CCc1ccc(Oc2nnc(-c3ccc(C)cc3)c3ccccc23)c(OC)c1. The number of fused-ring (bicyclic) bond motifs is 1. The van der Waals surface area contributed by atoms with Crippen molar-refractivity contribution in [2.24, 2.45) is 0 Å². The molecule has 0 unspecified atom stereocenters. The second-order valence-electron chi connectivity index (χ2n) is 6.85. The number of aromatic nitrogens is 2. The van der Waals surface area contributed by atoms with E-state index in [4.69, 9.17) is 9.47 Å². The zero-order valence-corrected chi connectivity index (χ0v) is 16.6. The quantitative estimate of drug-likeness (QED) is 0.376. The molecule has 0 aliphatic heterocycles. The Morgan fingerprint density at radius 1 is 0.897 bits per heavy atom. The van der Waals surface area contributed by atoms with Crippen LogP contribution in [0.25, 0.3) is 22.0 Å². The van der Waals surface area contributed by atoms with E-state index in [1.165, 1.54) is 5.56 Å². The van der Waals surface area contributed by atoms with Crippen molar-refractivity contribution >= 4 is 10.8 Å². The molecular weight excluding hydrogens is 360 g/mol. The molecule has 1 aromatic heterocycles. The summed E-state index contributed by atoms with van der Waals surface area (Å²) in [4.78, 5) is 0. The van der Waals surface area contributed by atoms with Gasteiger partial charge in [-0.3, -0.25) is 0 Å². The fraction of sp³-hybridized carbons (Fsp3) is 0.120. The third kappa shape index (κ3) is 3.83. The van der Waals surface area contributed by atoms with Gasteiger partial charge < -0.3 is 9.47 Å². The van der Waals surface area contributed by atoms with Crippen LogP contribution in [0.15, 0.2) is 79.4 Å². The van der Waals surface area contributed by atoms with Crippen molar-refractivity contribution in [3.63, 3.8) is 0 Å². The van der Waals surface area contributed by atoms with Gasteiger partial charge in [0.05, 0.1) is 7.11 Å². The highest BCUT2D eigenvalue weighted by atomic mass is 16.5. The second-order valence-corrected chi connectivity index (χ2v) is 6.85. The maximum Gasteiger partial charge on any atom is 0.246 e. The second kappa shape index (κ2) is 8.15. The molecule has 0 saturated carbocycles. The van der Waals surface area contributed by atoms with Crippen molar-refractivity contribution in [2.75, 3.05) is 7.11 Å². The zero-order valence-electron chi connectivity index (χ0n) is 16.6. The third-order valence-corrected chi connectivity index (χ3v) is 4.79. The van der Waals surface area contributed by atoms with Gasteiger partial charge in [0.15, 0.2) is 11.5 Å². The van der Waals surface area contributed by atoms with Gasteiger partial charge in [0.2, 0.25) is 5.88 Å². The van der Waals surface area contributed by atoms with Gasteiger partial charge in [-0.15, -0.1) is 16.8 Å². The normalized spacial score (nSPS) is 10.7. The Labute approximate surface area is 170 Å². The van der Waals surface area contributed by atoms with Crippen LogP contribution in [0.3, 0.4) is 0 Å². The summed E-state index contributed by atoms with van der Waals surface area (Å²) in [6.07, 6.45) is 2.63. The molecule has 0 fully saturated rings. The van der Waals surface area contributed by atoms with Crippen LogP contribution in [-0.2, 0) is 6.42 Å². The molecule has 0 aliphatic carbocycles. The number of ether oxygens (including phenoxy) is 2. The molecule has 1 heterocycles. The van der Waals surface area contributed by atoms with E-state index in [0.29, 0.717) is 17.4 Å². The van der Waals surface area contributed by atoms with Crippen molar-refractivity contribution in [1.29, 1.82) is 0 Å². The molecular formula is C25H22N2O2. The largest absolute Gasteiger partial charge is 0.493 e. The molecule has 0 bridgehead atoms. The fourth-order valence-corrected chi connectivity index (χ4v) is 3.27. The fourth-order valence-electron chi connectivity index (χ4n) is 3.27. The minimum Gasteiger partial charge on any atom is -0.493 e. The standard InChI is InChI=1S/C25H22N2O2/c1-4-7-18-12-15-22(23(16-18)28-3)29-25-21-9-6-5-8-20(21)24(26-27-25)19-13-10-17(2)11-14-19/h4-6,8-16H,1,7H2,2-3H3. The molecule has 0 spiro atoms. The van der Waals surface area contributed by atoms with Crippen LogP contribution in [-0.4, -0.2) is 17.3 Å². The van der Waals surface area contributed by atoms with E-state index in [1.54, 1.807) is 7.11 Å². The summed E-state index contributed by atoms with van der Waals surface area (Å²) in [6.45, 7) is 5.85. The number of hydrogen-bond donors (Lipinski definition) is 0. The van der Waals surface area contributed by atoms with E-state index in [-0.39, 0.29) is 0 Å². The van der Waals surface area contributed by atoms with Gasteiger partial charge >= 0.3 is 0 Å². The third-order valence-electron chi connectivity index (χ3n) is 4.79. The first-order valence-electron chi connectivity index (χ1n) is 9.47. The molecule has 29 heavy (non-hydrogen) atoms. The first kappa shape index (κ1) is 18.7. The van der Waals surface area contributed by atoms with Crippen molar-refractivity contribution in [3.8, 4) is 28.6 Å². The predicted molar refractivity (Wildman–Crippen MR) is 117 cm³/mol. The molecule has 4 aromatic rings. The lowest BCUT2D eigenvalue weighted by Gasteiger charge is -2.13. The predicted octanol–water partition coefficient (Wildman–Crippen LogP) is 6.13. The molecule has 3 aromatic carbocycles. The van der Waals surface area contributed by atoms with Crippen LogP contribution in [0, 0.1) is 6.92 Å². The molecule has 144 valence electrons. The Morgan fingerprint density at radius 3 is 2.38 bits per heavy atom. The van der Waals surface area contributed by atoms with E-state index < -0.39 is 0 Å². The number of nitrogens with zero attached hydrogens (tertiary/aromatic N) is 2. The Kier molecular flexibility index (Phi) is 5.25. The average molecular weight is 382 g/mol. The van der Waals surface area contributed by atoms with E-state index in [1.807, 2.05) is 48.5 Å². The van der Waals surface area contributed by atoms with Crippen molar-refractivity contribution < 1.29 is 9.47 Å². The van der Waals surface area contributed by atoms with Crippen LogP contribution < -0.4 is 9.47 Å². The molecule has 0 radical (unpaired) electrons. The Bertz CT molecular complexity index is 1170. The molecule has 4 heteroatoms. The van der Waals surface area contributed by atoms with Gasteiger partial charge in [0, 0.05) is 16.3 Å². The Hall–Kier alpha value is -3.66. The van der Waals surface area contributed by atoms with E-state index in [0.717, 1.165) is 34.0 Å². The topological polar surface area (TPSA) is 44.2 Å². The Balaban J connectivity index is 1.77. The van der Waals surface area contributed by atoms with Crippen LogP contribution in [0.1, 0.15) is 11.1 Å². The first-order chi connectivity index (χ1) is 14.2. The van der Waals surface area contributed by atoms with Gasteiger partial charge in [-0.25, -0.2) is 0 Å². The number of allylic oxidation sites excluding steroid dienone is 1. The number of aryl methyl sites for hydroxylation is 1. The van der Waals surface area contributed by atoms with Gasteiger partial charge in [0.1, 0.15) is 5.69 Å². The van der Waals surface area contributed by atoms with Gasteiger partial charge in [-0.05, 0) is 37.1 Å². The van der Waals surface area contributed by atoms with Crippen molar-refractivity contribution in [2.45, 2.75) is 13.3 Å². The number of methoxy groups -OCH3 is 1. The van der Waals surface area contributed by atoms with E-state index in [2.05, 4.69) is 48.0 Å². The zero-order chi connectivity index (χ0) is 20.2. The lowest BCUT2D eigenvalue weighted by atomic mass is 10.0. The van der Waals surface area contributed by atoms with Crippen LogP contribution >= 0.6 is 0 Å². The van der Waals surface area contributed by atoms with Crippen LogP contribution in [0.4, 0.5) is 0 Å². The lowest BCUT2D eigenvalue weighted by molar-refractivity contribution is 0.374. The summed E-state index contributed by atoms with van der Waals surface area (Å²) >= 11 is 0. The van der Waals surface area contributed by atoms with Crippen molar-refractivity contribution in [1.82, 2.24) is 10.2 Å². The smallest absolute Gasteiger partial charge is 0.246 e. The van der Waals surface area contributed by atoms with Gasteiger partial charge in [0.25, 0.3) is 0 Å². The maximum absolute atomic E-state index is 6.13. The minimum absolute atomic E-state index is 0.450. The van der Waals surface area contributed by atoms with E-state index in [9.17, 15) is 0 Å². The summed E-state index contributed by atoms with van der Waals surface area (Å²) in [6, 6.07) is 22.1. The average Bonchev–Trinajstić information content (AvgIpc) is 2.76. The molecule has 4 nitrogen and oxygen atoms in total. The molecule has 0 saturated heterocycles. The monoisotopic (exact) mass is 382 g/mol. The van der Waals surface area contributed by atoms with E-state index >= 15 is 0 Å². The van der Waals surface area contributed by atoms with Crippen LogP contribution in [0.5, 0.6) is 17.4 Å². The highest BCUT2D eigenvalue weighted by Gasteiger charge is 2.14. The molecule has 0 N–H and O–H groups in total. The highest BCUT2D eigenvalue weighted by Crippen LogP contribution is 2.36. The summed E-state index contributed by atoms with van der Waals surface area (Å²) in [5.74, 6) is 1.70. The number of hydrogen-bond acceptors (Lipinski definition) is 4. The summed E-state index contributed by atoms with van der Waals surface area (Å²) in [5, 5.41) is 10.8. The van der Waals surface area contributed by atoms with Crippen LogP contribution in [0.2, 0.25) is 0 Å². The number of rotatable bonds is 6. The summed E-state index contributed by atoms with van der Waals surface area (Å²) < 4.78 is 11.6.